The standard InChI is InChI=1S/C24H22N6O3S.C4H10/c1-16(21(14-31)27-23(32)20-8-11-30(13-20)29(2)33)26-24-28-22(15-34-24)19-5-3-4-18(12-19)17-6-9-25-10-7-17;1-3-4-2/h3-13,15,21,31H,1,14H2,2H3,(H-,26,27,28,32);3-4H2,1-2H3/p+1. The van der Waals surface area contributed by atoms with Crippen LogP contribution in [0.5, 0.6) is 0 Å². The molecule has 4 rings (SSSR count). The lowest BCUT2D eigenvalue weighted by molar-refractivity contribution is -0.578. The van der Waals surface area contributed by atoms with Crippen LogP contribution >= 0.6 is 11.3 Å². The number of rotatable bonds is 10. The van der Waals surface area contributed by atoms with E-state index < -0.39 is 11.9 Å². The number of aromatic nitrogens is 3. The molecule has 1 unspecified atom stereocenters. The van der Waals surface area contributed by atoms with Gasteiger partial charge in [-0.15, -0.1) is 11.3 Å². The first-order chi connectivity index (χ1) is 18.4. The van der Waals surface area contributed by atoms with Crippen LogP contribution in [0.2, 0.25) is 0 Å². The maximum absolute atomic E-state index is 12.5. The number of anilines is 1. The lowest BCUT2D eigenvalue weighted by Crippen LogP contribution is -2.40. The molecule has 0 aliphatic carbocycles. The van der Waals surface area contributed by atoms with E-state index in [0.29, 0.717) is 21.3 Å². The third-order valence-electron chi connectivity index (χ3n) is 5.62. The number of hydrogen-bond acceptors (Lipinski definition) is 7. The van der Waals surface area contributed by atoms with Crippen molar-refractivity contribution in [3.63, 3.8) is 0 Å². The number of amides is 1. The minimum atomic E-state index is -0.747. The molecule has 4 aromatic rings. The molecular formula is C28H33N6O3S+. The summed E-state index contributed by atoms with van der Waals surface area (Å²) in [6, 6.07) is 12.7. The zero-order chi connectivity index (χ0) is 27.5. The number of aliphatic hydroxyl groups excluding tert-OH is 1. The molecule has 1 atom stereocenters. The highest BCUT2D eigenvalue weighted by atomic mass is 32.1. The van der Waals surface area contributed by atoms with Gasteiger partial charge in [-0.1, -0.05) is 56.1 Å². The summed E-state index contributed by atoms with van der Waals surface area (Å²) in [5.74, 6) is -0.435. The number of nitroso groups, excluding NO2 is 1. The Kier molecular flexibility index (Phi) is 10.4. The average Bonchev–Trinajstić information content (AvgIpc) is 3.63. The topological polar surface area (TPSA) is 112 Å². The molecule has 198 valence electrons. The summed E-state index contributed by atoms with van der Waals surface area (Å²) in [5.41, 5.74) is 4.57. The number of nitrogens with zero attached hydrogens (tertiary/aromatic N) is 4. The minimum Gasteiger partial charge on any atom is -0.394 e. The van der Waals surface area contributed by atoms with Crippen LogP contribution in [0.15, 0.2) is 84.9 Å². The van der Waals surface area contributed by atoms with Gasteiger partial charge in [0.25, 0.3) is 5.91 Å². The second kappa shape index (κ2) is 14.0. The summed E-state index contributed by atoms with van der Waals surface area (Å²) >= 11 is 1.39. The Morgan fingerprint density at radius 3 is 2.47 bits per heavy atom. The number of pyridine rings is 1. The highest BCUT2D eigenvalue weighted by molar-refractivity contribution is 7.14. The third-order valence-corrected chi connectivity index (χ3v) is 6.38. The van der Waals surface area contributed by atoms with Crippen molar-refractivity contribution < 1.29 is 14.8 Å². The van der Waals surface area contributed by atoms with Crippen molar-refractivity contribution in [2.75, 3.05) is 19.0 Å². The Morgan fingerprint density at radius 2 is 1.84 bits per heavy atom. The van der Waals surface area contributed by atoms with Crippen molar-refractivity contribution in [3.05, 3.63) is 95.4 Å². The molecule has 1 aromatic carbocycles. The molecule has 9 nitrogen and oxygen atoms in total. The minimum absolute atomic E-state index is 0.291. The number of benzene rings is 1. The van der Waals surface area contributed by atoms with Gasteiger partial charge in [0.1, 0.15) is 4.87 Å². The Hall–Kier alpha value is -4.15. The SMILES string of the molecule is C=C(Nc1nc(-c2cccc(-c3ccncc3)c2)cs1)C(CO)NC(=O)c1ccn([N+](C)=O)c1.CCCC. The van der Waals surface area contributed by atoms with E-state index >= 15 is 0 Å². The van der Waals surface area contributed by atoms with E-state index in [1.807, 2.05) is 35.7 Å². The molecule has 3 aromatic heterocycles. The molecular weight excluding hydrogens is 500 g/mol. The van der Waals surface area contributed by atoms with E-state index in [4.69, 9.17) is 0 Å². The van der Waals surface area contributed by atoms with Gasteiger partial charge in [0.05, 0.1) is 41.2 Å². The number of hydrogen-bond donors (Lipinski definition) is 3. The number of carbonyl (C=O) groups excluding carboxylic acids is 1. The molecule has 0 radical (unpaired) electrons. The number of carbonyl (C=O) groups is 1. The van der Waals surface area contributed by atoms with Crippen LogP contribution in [0.4, 0.5) is 5.13 Å². The van der Waals surface area contributed by atoms with Gasteiger partial charge in [-0.25, -0.2) is 4.98 Å². The quantitative estimate of drug-likeness (QED) is 0.236. The molecule has 10 heteroatoms. The van der Waals surface area contributed by atoms with E-state index in [0.717, 1.165) is 22.4 Å². The van der Waals surface area contributed by atoms with Crippen molar-refractivity contribution in [3.8, 4) is 22.4 Å². The van der Waals surface area contributed by atoms with Crippen LogP contribution in [-0.2, 0) is 0 Å². The molecule has 0 saturated carbocycles. The monoisotopic (exact) mass is 533 g/mol. The molecule has 3 N–H and O–H groups in total. The van der Waals surface area contributed by atoms with Crippen molar-refractivity contribution in [2.24, 2.45) is 0 Å². The van der Waals surface area contributed by atoms with E-state index in [2.05, 4.69) is 47.1 Å². The fourth-order valence-corrected chi connectivity index (χ4v) is 4.02. The summed E-state index contributed by atoms with van der Waals surface area (Å²) in [7, 11) is 1.32. The van der Waals surface area contributed by atoms with Gasteiger partial charge < -0.3 is 15.7 Å². The van der Waals surface area contributed by atoms with Gasteiger partial charge in [-0.05, 0) is 35.4 Å². The molecule has 0 aliphatic rings. The van der Waals surface area contributed by atoms with Crippen molar-refractivity contribution in [1.82, 2.24) is 20.0 Å². The predicted molar refractivity (Wildman–Crippen MR) is 152 cm³/mol. The first-order valence-corrected chi connectivity index (χ1v) is 13.2. The maximum Gasteiger partial charge on any atom is 0.253 e. The molecule has 38 heavy (non-hydrogen) atoms. The first-order valence-electron chi connectivity index (χ1n) is 12.3. The Morgan fingerprint density at radius 1 is 1.13 bits per heavy atom. The lowest BCUT2D eigenvalue weighted by atomic mass is 10.0. The van der Waals surface area contributed by atoms with Gasteiger partial charge in [0, 0.05) is 29.0 Å². The fourth-order valence-electron chi connectivity index (χ4n) is 3.27. The van der Waals surface area contributed by atoms with Gasteiger partial charge in [0.15, 0.2) is 5.13 Å². The second-order valence-corrected chi connectivity index (χ2v) is 9.32. The summed E-state index contributed by atoms with van der Waals surface area (Å²) in [5, 5.41) is 18.1. The van der Waals surface area contributed by atoms with E-state index in [1.165, 1.54) is 54.4 Å². The molecule has 0 saturated heterocycles. The fraction of sp³-hybridized carbons (Fsp3) is 0.250. The number of nitrogens with one attached hydrogen (secondary N) is 2. The van der Waals surface area contributed by atoms with Crippen LogP contribution in [0.1, 0.15) is 37.0 Å². The average molecular weight is 534 g/mol. The van der Waals surface area contributed by atoms with Crippen molar-refractivity contribution >= 4 is 22.4 Å². The Balaban J connectivity index is 0.000000934. The van der Waals surface area contributed by atoms with Crippen LogP contribution in [0.25, 0.3) is 22.4 Å². The van der Waals surface area contributed by atoms with Gasteiger partial charge in [-0.2, -0.15) is 0 Å². The second-order valence-electron chi connectivity index (χ2n) is 8.46. The van der Waals surface area contributed by atoms with Crippen LogP contribution in [-0.4, -0.2) is 50.2 Å². The summed E-state index contributed by atoms with van der Waals surface area (Å²) in [4.78, 5) is 33.1. The molecule has 0 aliphatic heterocycles. The molecule has 0 spiro atoms. The van der Waals surface area contributed by atoms with Gasteiger partial charge in [-0.3, -0.25) is 9.78 Å². The number of unbranched alkanes of at least 4 members (excludes halogenated alkanes) is 1. The zero-order valence-electron chi connectivity index (χ0n) is 21.8. The number of aliphatic hydroxyl groups is 1. The molecule has 0 fully saturated rings. The van der Waals surface area contributed by atoms with Crippen molar-refractivity contribution in [2.45, 2.75) is 32.7 Å². The predicted octanol–water partition coefficient (Wildman–Crippen LogP) is 5.37. The zero-order valence-corrected chi connectivity index (χ0v) is 22.6. The van der Waals surface area contributed by atoms with Gasteiger partial charge >= 0.3 is 0 Å². The molecule has 1 amide bonds. The Labute approximate surface area is 226 Å². The van der Waals surface area contributed by atoms with Crippen LogP contribution in [0, 0.1) is 4.91 Å². The highest BCUT2D eigenvalue weighted by Gasteiger charge is 2.19. The van der Waals surface area contributed by atoms with Crippen LogP contribution in [0.3, 0.4) is 0 Å². The first kappa shape index (κ1) is 28.4. The van der Waals surface area contributed by atoms with Crippen LogP contribution < -0.4 is 10.6 Å². The van der Waals surface area contributed by atoms with E-state index in [-0.39, 0.29) is 6.61 Å². The largest absolute Gasteiger partial charge is 0.394 e. The molecule has 0 bridgehead atoms. The normalized spacial score (nSPS) is 11.2. The third kappa shape index (κ3) is 7.67. The summed E-state index contributed by atoms with van der Waals surface area (Å²) in [6.45, 7) is 7.95. The maximum atomic E-state index is 12.5. The van der Waals surface area contributed by atoms with E-state index in [9.17, 15) is 14.8 Å². The molecule has 3 heterocycles. The van der Waals surface area contributed by atoms with Crippen molar-refractivity contribution in [1.29, 1.82) is 0 Å². The summed E-state index contributed by atoms with van der Waals surface area (Å²) in [6.07, 6.45) is 9.03. The lowest BCUT2D eigenvalue weighted by Gasteiger charge is -2.19. The van der Waals surface area contributed by atoms with Gasteiger partial charge in [0.2, 0.25) is 7.05 Å². The van der Waals surface area contributed by atoms with E-state index in [1.54, 1.807) is 12.4 Å². The smallest absolute Gasteiger partial charge is 0.253 e. The summed E-state index contributed by atoms with van der Waals surface area (Å²) < 4.78 is 1.23. The number of thiazole rings is 1. The Bertz CT molecular complexity index is 1360. The highest BCUT2D eigenvalue weighted by Crippen LogP contribution is 2.29.